The molecule has 1 atom stereocenters. The van der Waals surface area contributed by atoms with E-state index >= 15 is 0 Å². The van der Waals surface area contributed by atoms with E-state index in [1.165, 1.54) is 5.56 Å². The summed E-state index contributed by atoms with van der Waals surface area (Å²) in [4.78, 5) is 11.6. The molecule has 1 aromatic carbocycles. The van der Waals surface area contributed by atoms with E-state index in [0.29, 0.717) is 13.0 Å². The lowest BCUT2D eigenvalue weighted by Gasteiger charge is -2.17. The zero-order chi connectivity index (χ0) is 13.2. The van der Waals surface area contributed by atoms with E-state index in [4.69, 9.17) is 5.11 Å². The second kappa shape index (κ2) is 8.53. The summed E-state index contributed by atoms with van der Waals surface area (Å²) < 4.78 is 0. The van der Waals surface area contributed by atoms with Crippen LogP contribution in [0.3, 0.4) is 0 Å². The van der Waals surface area contributed by atoms with Crippen molar-refractivity contribution in [3.05, 3.63) is 35.9 Å². The van der Waals surface area contributed by atoms with Gasteiger partial charge in [0.25, 0.3) is 0 Å². The van der Waals surface area contributed by atoms with Gasteiger partial charge in [0.05, 0.1) is 0 Å². The van der Waals surface area contributed by atoms with Gasteiger partial charge in [0.15, 0.2) is 0 Å². The standard InChI is InChI=1S/C14H22N2O2/c1-2-13(11-12-7-4-3-5-8-12)16-14(18)15-9-6-10-17/h3-5,7-8,13,17H,2,6,9-11H2,1H3,(H2,15,16,18). The van der Waals surface area contributed by atoms with Crippen LogP contribution in [0, 0.1) is 0 Å². The number of nitrogens with one attached hydrogen (secondary N) is 2. The Balaban J connectivity index is 2.35. The van der Waals surface area contributed by atoms with Crippen LogP contribution < -0.4 is 10.6 Å². The Kier molecular flexibility index (Phi) is 6.87. The van der Waals surface area contributed by atoms with E-state index < -0.39 is 0 Å². The summed E-state index contributed by atoms with van der Waals surface area (Å²) in [6.07, 6.45) is 2.32. The number of amides is 2. The quantitative estimate of drug-likeness (QED) is 0.645. The van der Waals surface area contributed by atoms with E-state index in [1.54, 1.807) is 0 Å². The minimum Gasteiger partial charge on any atom is -0.396 e. The number of carbonyl (C=O) groups is 1. The molecule has 0 aliphatic carbocycles. The van der Waals surface area contributed by atoms with Gasteiger partial charge in [0.1, 0.15) is 0 Å². The van der Waals surface area contributed by atoms with Gasteiger partial charge in [0, 0.05) is 19.2 Å². The van der Waals surface area contributed by atoms with Crippen LogP contribution in [0.1, 0.15) is 25.3 Å². The van der Waals surface area contributed by atoms with E-state index in [9.17, 15) is 4.79 Å². The van der Waals surface area contributed by atoms with E-state index in [1.807, 2.05) is 18.2 Å². The molecule has 0 saturated heterocycles. The Morgan fingerprint density at radius 3 is 2.67 bits per heavy atom. The van der Waals surface area contributed by atoms with Gasteiger partial charge in [-0.3, -0.25) is 0 Å². The summed E-state index contributed by atoms with van der Waals surface area (Å²) in [7, 11) is 0. The summed E-state index contributed by atoms with van der Waals surface area (Å²) in [5.41, 5.74) is 1.22. The first kappa shape index (κ1) is 14.5. The topological polar surface area (TPSA) is 61.4 Å². The molecule has 1 aromatic rings. The van der Waals surface area contributed by atoms with Crippen molar-refractivity contribution in [3.8, 4) is 0 Å². The second-order valence-electron chi connectivity index (χ2n) is 4.27. The Bertz CT molecular complexity index is 341. The Morgan fingerprint density at radius 2 is 2.06 bits per heavy atom. The van der Waals surface area contributed by atoms with Crippen LogP contribution >= 0.6 is 0 Å². The zero-order valence-electron chi connectivity index (χ0n) is 10.9. The van der Waals surface area contributed by atoms with Gasteiger partial charge in [-0.2, -0.15) is 0 Å². The maximum Gasteiger partial charge on any atom is 0.315 e. The average Bonchev–Trinajstić information content (AvgIpc) is 2.39. The maximum absolute atomic E-state index is 11.6. The lowest BCUT2D eigenvalue weighted by molar-refractivity contribution is 0.234. The molecular formula is C14H22N2O2. The van der Waals surface area contributed by atoms with Gasteiger partial charge in [-0.05, 0) is 24.8 Å². The number of aliphatic hydroxyl groups excluding tert-OH is 1. The first-order valence-corrected chi connectivity index (χ1v) is 6.45. The Labute approximate surface area is 108 Å². The molecule has 0 spiro atoms. The number of benzene rings is 1. The summed E-state index contributed by atoms with van der Waals surface area (Å²) in [5.74, 6) is 0. The third-order valence-corrected chi connectivity index (χ3v) is 2.77. The Morgan fingerprint density at radius 1 is 1.33 bits per heavy atom. The van der Waals surface area contributed by atoms with Crippen molar-refractivity contribution in [2.45, 2.75) is 32.2 Å². The molecule has 0 aliphatic heterocycles. The van der Waals surface area contributed by atoms with Crippen molar-refractivity contribution >= 4 is 6.03 Å². The van der Waals surface area contributed by atoms with Crippen LogP contribution in [0.5, 0.6) is 0 Å². The minimum absolute atomic E-state index is 0.0987. The van der Waals surface area contributed by atoms with Crippen molar-refractivity contribution in [2.75, 3.05) is 13.2 Å². The van der Waals surface area contributed by atoms with E-state index in [0.717, 1.165) is 12.8 Å². The highest BCUT2D eigenvalue weighted by molar-refractivity contribution is 5.74. The highest BCUT2D eigenvalue weighted by atomic mass is 16.3. The highest BCUT2D eigenvalue weighted by Gasteiger charge is 2.10. The average molecular weight is 250 g/mol. The predicted octanol–water partition coefficient (Wildman–Crippen LogP) is 1.69. The van der Waals surface area contributed by atoms with Crippen molar-refractivity contribution in [1.29, 1.82) is 0 Å². The number of carbonyl (C=O) groups excluding carboxylic acids is 1. The number of urea groups is 1. The van der Waals surface area contributed by atoms with E-state index in [-0.39, 0.29) is 18.7 Å². The summed E-state index contributed by atoms with van der Waals surface area (Å²) in [5, 5.41) is 14.3. The molecule has 100 valence electrons. The van der Waals surface area contributed by atoms with Gasteiger partial charge < -0.3 is 15.7 Å². The molecule has 0 aliphatic rings. The predicted molar refractivity (Wildman–Crippen MR) is 72.5 cm³/mol. The molecule has 1 unspecified atom stereocenters. The molecule has 18 heavy (non-hydrogen) atoms. The molecule has 3 N–H and O–H groups in total. The monoisotopic (exact) mass is 250 g/mol. The number of rotatable bonds is 7. The Hall–Kier alpha value is -1.55. The molecule has 1 rings (SSSR count). The van der Waals surface area contributed by atoms with Crippen molar-refractivity contribution in [3.63, 3.8) is 0 Å². The maximum atomic E-state index is 11.6. The lowest BCUT2D eigenvalue weighted by Crippen LogP contribution is -2.43. The minimum atomic E-state index is -0.161. The third kappa shape index (κ3) is 5.68. The normalized spacial score (nSPS) is 11.9. The lowest BCUT2D eigenvalue weighted by atomic mass is 10.0. The first-order valence-electron chi connectivity index (χ1n) is 6.45. The van der Waals surface area contributed by atoms with Gasteiger partial charge in [-0.15, -0.1) is 0 Å². The second-order valence-corrected chi connectivity index (χ2v) is 4.27. The number of aliphatic hydroxyl groups is 1. The van der Waals surface area contributed by atoms with Crippen LogP contribution in [0.2, 0.25) is 0 Å². The zero-order valence-corrected chi connectivity index (χ0v) is 10.9. The van der Waals surface area contributed by atoms with Crippen LogP contribution in [0.4, 0.5) is 4.79 Å². The molecule has 0 fully saturated rings. The first-order chi connectivity index (χ1) is 8.76. The summed E-state index contributed by atoms with van der Waals surface area (Å²) >= 11 is 0. The van der Waals surface area contributed by atoms with E-state index in [2.05, 4.69) is 29.7 Å². The fourth-order valence-corrected chi connectivity index (χ4v) is 1.71. The van der Waals surface area contributed by atoms with Crippen LogP contribution in [-0.2, 0) is 6.42 Å². The van der Waals surface area contributed by atoms with Gasteiger partial charge in [-0.1, -0.05) is 37.3 Å². The smallest absolute Gasteiger partial charge is 0.315 e. The molecule has 0 saturated carbocycles. The van der Waals surface area contributed by atoms with Crippen LogP contribution in [-0.4, -0.2) is 30.3 Å². The molecule has 0 heterocycles. The molecule has 2 amide bonds. The van der Waals surface area contributed by atoms with Gasteiger partial charge >= 0.3 is 6.03 Å². The molecule has 4 nitrogen and oxygen atoms in total. The molecule has 0 aromatic heterocycles. The van der Waals surface area contributed by atoms with Crippen LogP contribution in [0.15, 0.2) is 30.3 Å². The summed E-state index contributed by atoms with van der Waals surface area (Å²) in [6, 6.07) is 10.1. The van der Waals surface area contributed by atoms with Gasteiger partial charge in [-0.25, -0.2) is 4.79 Å². The largest absolute Gasteiger partial charge is 0.396 e. The van der Waals surface area contributed by atoms with Crippen molar-refractivity contribution < 1.29 is 9.90 Å². The number of hydrogen-bond donors (Lipinski definition) is 3. The molecule has 0 radical (unpaired) electrons. The fraction of sp³-hybridized carbons (Fsp3) is 0.500. The SMILES string of the molecule is CCC(Cc1ccccc1)NC(=O)NCCCO. The fourth-order valence-electron chi connectivity index (χ4n) is 1.71. The summed E-state index contributed by atoms with van der Waals surface area (Å²) in [6.45, 7) is 2.66. The third-order valence-electron chi connectivity index (χ3n) is 2.77. The molecular weight excluding hydrogens is 228 g/mol. The number of hydrogen-bond acceptors (Lipinski definition) is 2. The van der Waals surface area contributed by atoms with Crippen LogP contribution in [0.25, 0.3) is 0 Å². The van der Waals surface area contributed by atoms with Crippen molar-refractivity contribution in [1.82, 2.24) is 10.6 Å². The molecule has 0 bridgehead atoms. The van der Waals surface area contributed by atoms with Crippen molar-refractivity contribution in [2.24, 2.45) is 0 Å². The van der Waals surface area contributed by atoms with Gasteiger partial charge in [0.2, 0.25) is 0 Å². The molecule has 4 heteroatoms. The highest BCUT2D eigenvalue weighted by Crippen LogP contribution is 2.05.